The third-order valence-corrected chi connectivity index (χ3v) is 7.56. The van der Waals surface area contributed by atoms with Crippen LogP contribution in [-0.4, -0.2) is 25.9 Å². The van der Waals surface area contributed by atoms with Crippen LogP contribution in [0.4, 0.5) is 10.1 Å². The third kappa shape index (κ3) is 4.92. The van der Waals surface area contributed by atoms with Crippen LogP contribution < -0.4 is 20.1 Å². The zero-order valence-corrected chi connectivity index (χ0v) is 22.4. The van der Waals surface area contributed by atoms with Crippen molar-refractivity contribution in [3.8, 4) is 11.5 Å². The van der Waals surface area contributed by atoms with Crippen molar-refractivity contribution < 1.29 is 23.5 Å². The van der Waals surface area contributed by atoms with E-state index in [-0.39, 0.29) is 24.0 Å². The number of halogens is 1. The minimum absolute atomic E-state index is 0.111. The maximum Gasteiger partial charge on any atom is 0.254 e. The van der Waals surface area contributed by atoms with E-state index in [0.717, 1.165) is 11.1 Å². The van der Waals surface area contributed by atoms with Gasteiger partial charge in [0, 0.05) is 46.1 Å². The summed E-state index contributed by atoms with van der Waals surface area (Å²) in [6.07, 6.45) is 0.762. The Balaban J connectivity index is 1.56. The number of ketones is 1. The van der Waals surface area contributed by atoms with Crippen molar-refractivity contribution in [2.45, 2.75) is 38.5 Å². The number of anilines is 1. The predicted molar refractivity (Wildman–Crippen MR) is 148 cm³/mol. The SMILES string of the molecule is COc1ccc(C2CC(=O)C3=C(C2)NC(C)=C(C(=O)Nc2ccccc2C)C3c2ccccc2F)cc1OC. The van der Waals surface area contributed by atoms with Gasteiger partial charge in [-0.05, 0) is 61.6 Å². The van der Waals surface area contributed by atoms with Crippen molar-refractivity contribution in [1.29, 1.82) is 0 Å². The molecular formula is C32H31FN2O4. The van der Waals surface area contributed by atoms with Crippen LogP contribution in [0.15, 0.2) is 89.3 Å². The largest absolute Gasteiger partial charge is 0.493 e. The topological polar surface area (TPSA) is 76.7 Å². The summed E-state index contributed by atoms with van der Waals surface area (Å²) in [5.74, 6) is -0.684. The maximum atomic E-state index is 15.3. The lowest BCUT2D eigenvalue weighted by Crippen LogP contribution is -2.37. The molecule has 0 spiro atoms. The summed E-state index contributed by atoms with van der Waals surface area (Å²) in [4.78, 5) is 27.6. The fourth-order valence-corrected chi connectivity index (χ4v) is 5.61. The summed E-state index contributed by atoms with van der Waals surface area (Å²) >= 11 is 0. The van der Waals surface area contributed by atoms with Crippen LogP contribution in [0.25, 0.3) is 0 Å². The predicted octanol–water partition coefficient (Wildman–Crippen LogP) is 6.15. The Morgan fingerprint density at radius 2 is 1.67 bits per heavy atom. The van der Waals surface area contributed by atoms with E-state index in [1.165, 1.54) is 6.07 Å². The number of carbonyl (C=O) groups is 2. The van der Waals surface area contributed by atoms with Crippen LogP contribution in [0, 0.1) is 12.7 Å². The summed E-state index contributed by atoms with van der Waals surface area (Å²) < 4.78 is 26.1. The molecule has 0 saturated heterocycles. The van der Waals surface area contributed by atoms with E-state index in [4.69, 9.17) is 9.47 Å². The minimum Gasteiger partial charge on any atom is -0.493 e. The molecule has 1 heterocycles. The number of amides is 1. The van der Waals surface area contributed by atoms with Gasteiger partial charge in [0.2, 0.25) is 0 Å². The fourth-order valence-electron chi connectivity index (χ4n) is 5.61. The molecule has 1 aliphatic heterocycles. The van der Waals surface area contributed by atoms with Crippen LogP contribution in [0.5, 0.6) is 11.5 Å². The molecule has 200 valence electrons. The van der Waals surface area contributed by atoms with Gasteiger partial charge in [-0.3, -0.25) is 9.59 Å². The molecule has 0 aromatic heterocycles. The van der Waals surface area contributed by atoms with Crippen molar-refractivity contribution >= 4 is 17.4 Å². The summed E-state index contributed by atoms with van der Waals surface area (Å²) in [6.45, 7) is 3.71. The van der Waals surface area contributed by atoms with E-state index in [2.05, 4.69) is 10.6 Å². The second kappa shape index (κ2) is 10.8. The number of allylic oxidation sites excluding steroid dienone is 3. The quantitative estimate of drug-likeness (QED) is 0.403. The number of hydrogen-bond donors (Lipinski definition) is 2. The molecule has 2 N–H and O–H groups in total. The average Bonchev–Trinajstić information content (AvgIpc) is 2.93. The number of ether oxygens (including phenoxy) is 2. The van der Waals surface area contributed by atoms with Gasteiger partial charge < -0.3 is 20.1 Å². The van der Waals surface area contributed by atoms with E-state index in [1.54, 1.807) is 39.3 Å². The van der Waals surface area contributed by atoms with Gasteiger partial charge in [0.25, 0.3) is 5.91 Å². The zero-order valence-electron chi connectivity index (χ0n) is 22.4. The van der Waals surface area contributed by atoms with Crippen molar-refractivity contribution in [3.63, 3.8) is 0 Å². The second-order valence-corrected chi connectivity index (χ2v) is 9.92. The molecular weight excluding hydrogens is 495 g/mol. The van der Waals surface area contributed by atoms with E-state index in [9.17, 15) is 9.59 Å². The first-order chi connectivity index (χ1) is 18.8. The number of hydrogen-bond acceptors (Lipinski definition) is 5. The van der Waals surface area contributed by atoms with Crippen molar-refractivity contribution in [1.82, 2.24) is 5.32 Å². The lowest BCUT2D eigenvalue weighted by molar-refractivity contribution is -0.116. The molecule has 39 heavy (non-hydrogen) atoms. The van der Waals surface area contributed by atoms with E-state index in [1.807, 2.05) is 49.4 Å². The van der Waals surface area contributed by atoms with Gasteiger partial charge >= 0.3 is 0 Å². The minimum atomic E-state index is -0.828. The Morgan fingerprint density at radius 1 is 0.949 bits per heavy atom. The van der Waals surface area contributed by atoms with Crippen LogP contribution in [0.3, 0.4) is 0 Å². The Hall–Kier alpha value is -4.39. The fraction of sp³-hybridized carbons (Fsp3) is 0.250. The van der Waals surface area contributed by atoms with Gasteiger partial charge in [0.05, 0.1) is 14.2 Å². The number of benzene rings is 3. The third-order valence-electron chi connectivity index (χ3n) is 7.56. The molecule has 3 aromatic rings. The van der Waals surface area contributed by atoms with Gasteiger partial charge in [-0.1, -0.05) is 42.5 Å². The van der Waals surface area contributed by atoms with Crippen LogP contribution in [0.2, 0.25) is 0 Å². The van der Waals surface area contributed by atoms with E-state index < -0.39 is 11.7 Å². The molecule has 1 amide bonds. The number of methoxy groups -OCH3 is 2. The second-order valence-electron chi connectivity index (χ2n) is 9.92. The van der Waals surface area contributed by atoms with Crippen LogP contribution in [-0.2, 0) is 9.59 Å². The monoisotopic (exact) mass is 526 g/mol. The maximum absolute atomic E-state index is 15.3. The van der Waals surface area contributed by atoms with Gasteiger partial charge in [-0.15, -0.1) is 0 Å². The van der Waals surface area contributed by atoms with E-state index >= 15 is 4.39 Å². The number of rotatable bonds is 6. The zero-order chi connectivity index (χ0) is 27.7. The molecule has 6 nitrogen and oxygen atoms in total. The highest BCUT2D eigenvalue weighted by atomic mass is 19.1. The first kappa shape index (κ1) is 26.2. The Morgan fingerprint density at radius 3 is 2.38 bits per heavy atom. The molecule has 2 atom stereocenters. The van der Waals surface area contributed by atoms with Crippen LogP contribution in [0.1, 0.15) is 48.3 Å². The first-order valence-electron chi connectivity index (χ1n) is 12.9. The van der Waals surface area contributed by atoms with Gasteiger partial charge in [-0.2, -0.15) is 0 Å². The van der Waals surface area contributed by atoms with Crippen LogP contribution >= 0.6 is 0 Å². The summed E-state index contributed by atoms with van der Waals surface area (Å²) in [6, 6.07) is 19.5. The molecule has 0 fully saturated rings. The standard InChI is InChI=1S/C32H31FN2O4/c1-18-9-5-8-12-24(18)35-32(37)29-19(2)34-25-15-21(20-13-14-27(38-3)28(17-20)39-4)16-26(36)31(25)30(29)22-10-6-7-11-23(22)33/h5-14,17,21,30,34H,15-16H2,1-4H3,(H,35,37). The highest BCUT2D eigenvalue weighted by molar-refractivity contribution is 6.10. The molecule has 2 aliphatic rings. The van der Waals surface area contributed by atoms with Gasteiger partial charge in [0.1, 0.15) is 5.82 Å². The normalized spacial score (nSPS) is 18.8. The summed E-state index contributed by atoms with van der Waals surface area (Å²) in [7, 11) is 3.16. The average molecular weight is 527 g/mol. The molecule has 0 radical (unpaired) electrons. The summed E-state index contributed by atoms with van der Waals surface area (Å²) in [5.41, 5.74) is 4.90. The molecule has 2 unspecified atom stereocenters. The Labute approximate surface area is 227 Å². The van der Waals surface area contributed by atoms with Gasteiger partial charge in [0.15, 0.2) is 17.3 Å². The number of aryl methyl sites for hydroxylation is 1. The number of Topliss-reactive ketones (excluding diaryl/α,β-unsaturated/α-hetero) is 1. The number of para-hydroxylation sites is 1. The molecule has 5 rings (SSSR count). The lowest BCUT2D eigenvalue weighted by atomic mass is 9.71. The molecule has 7 heteroatoms. The molecule has 3 aromatic carbocycles. The lowest BCUT2D eigenvalue weighted by Gasteiger charge is -2.37. The highest BCUT2D eigenvalue weighted by Crippen LogP contribution is 2.47. The summed E-state index contributed by atoms with van der Waals surface area (Å²) in [5, 5.41) is 6.33. The smallest absolute Gasteiger partial charge is 0.254 e. The van der Waals surface area contributed by atoms with Gasteiger partial charge in [-0.25, -0.2) is 4.39 Å². The van der Waals surface area contributed by atoms with Crippen molar-refractivity contribution in [3.05, 3.63) is 112 Å². The Bertz CT molecular complexity index is 1520. The van der Waals surface area contributed by atoms with Crippen molar-refractivity contribution in [2.75, 3.05) is 19.5 Å². The number of carbonyl (C=O) groups excluding carboxylic acids is 2. The highest BCUT2D eigenvalue weighted by Gasteiger charge is 2.42. The number of dihydropyridines is 1. The molecule has 1 aliphatic carbocycles. The van der Waals surface area contributed by atoms with E-state index in [0.29, 0.717) is 51.7 Å². The molecule has 0 saturated carbocycles. The Kier molecular flexibility index (Phi) is 7.24. The molecule has 0 bridgehead atoms. The first-order valence-corrected chi connectivity index (χ1v) is 12.9. The van der Waals surface area contributed by atoms with Crippen molar-refractivity contribution in [2.24, 2.45) is 0 Å². The number of nitrogens with one attached hydrogen (secondary N) is 2.